The zero-order valence-corrected chi connectivity index (χ0v) is 9.03. The van der Waals surface area contributed by atoms with Gasteiger partial charge in [-0.15, -0.1) is 0 Å². The Kier molecular flexibility index (Phi) is 20.6. The van der Waals surface area contributed by atoms with Gasteiger partial charge in [0.1, 0.15) is 0 Å². The van der Waals surface area contributed by atoms with Crippen LogP contribution in [0.2, 0.25) is 0 Å². The summed E-state index contributed by atoms with van der Waals surface area (Å²) in [5, 5.41) is 0. The van der Waals surface area contributed by atoms with Gasteiger partial charge in [0.05, 0.1) is 0 Å². The van der Waals surface area contributed by atoms with E-state index in [9.17, 15) is 0 Å². The van der Waals surface area contributed by atoms with Crippen LogP contribution in [0.15, 0.2) is 0 Å². The number of hydrogen-bond donors (Lipinski definition) is 2. The van der Waals surface area contributed by atoms with Gasteiger partial charge in [0, 0.05) is 6.54 Å². The number of nitrogens with one attached hydrogen (secondary N) is 1. The summed E-state index contributed by atoms with van der Waals surface area (Å²) in [6.45, 7) is 7.48. The van der Waals surface area contributed by atoms with Crippen LogP contribution in [-0.2, 0) is 0 Å². The van der Waals surface area contributed by atoms with Crippen LogP contribution in [0.1, 0.15) is 59.3 Å². The molecule has 0 heterocycles. The van der Waals surface area contributed by atoms with Crippen LogP contribution >= 0.6 is 0 Å². The molecular formula is C10H26N2. The minimum Gasteiger partial charge on any atom is -0.271 e. The summed E-state index contributed by atoms with van der Waals surface area (Å²) in [7, 11) is 0. The van der Waals surface area contributed by atoms with Crippen LogP contribution in [0.4, 0.5) is 0 Å². The summed E-state index contributed by atoms with van der Waals surface area (Å²) in [6, 6.07) is 0. The molecule has 0 unspecified atom stereocenters. The van der Waals surface area contributed by atoms with Crippen molar-refractivity contribution in [3.8, 4) is 0 Å². The lowest BCUT2D eigenvalue weighted by molar-refractivity contribution is 0.656. The zero-order chi connectivity index (χ0) is 9.66. The summed E-state index contributed by atoms with van der Waals surface area (Å²) in [5.41, 5.74) is 2.52. The Hall–Kier alpha value is -0.0800. The number of hydrogen-bond acceptors (Lipinski definition) is 2. The van der Waals surface area contributed by atoms with E-state index in [0.29, 0.717) is 0 Å². The molecule has 12 heavy (non-hydrogen) atoms. The molecule has 3 N–H and O–H groups in total. The maximum Gasteiger partial charge on any atom is 0.00947 e. The Morgan fingerprint density at radius 3 is 1.50 bits per heavy atom. The van der Waals surface area contributed by atoms with E-state index in [4.69, 9.17) is 5.84 Å². The molecule has 0 spiro atoms. The lowest BCUT2D eigenvalue weighted by Crippen LogP contribution is -2.21. The van der Waals surface area contributed by atoms with Gasteiger partial charge in [-0.25, -0.2) is 0 Å². The van der Waals surface area contributed by atoms with E-state index in [1.54, 1.807) is 0 Å². The van der Waals surface area contributed by atoms with E-state index < -0.39 is 0 Å². The third kappa shape index (κ3) is 22.5. The van der Waals surface area contributed by atoms with Gasteiger partial charge >= 0.3 is 0 Å². The highest BCUT2D eigenvalue weighted by molar-refractivity contribution is 4.35. The van der Waals surface area contributed by atoms with Crippen molar-refractivity contribution in [1.29, 1.82) is 0 Å². The summed E-state index contributed by atoms with van der Waals surface area (Å²) in [4.78, 5) is 0. The average Bonchev–Trinajstić information content (AvgIpc) is 2.08. The molecule has 0 saturated heterocycles. The van der Waals surface area contributed by atoms with Crippen molar-refractivity contribution >= 4 is 0 Å². The molecule has 76 valence electrons. The molecule has 0 aromatic heterocycles. The highest BCUT2D eigenvalue weighted by Crippen LogP contribution is 2.00. The van der Waals surface area contributed by atoms with Gasteiger partial charge in [0.15, 0.2) is 0 Å². The topological polar surface area (TPSA) is 38.0 Å². The molecule has 0 aliphatic rings. The maximum atomic E-state index is 4.89. The molecular weight excluding hydrogens is 148 g/mol. The van der Waals surface area contributed by atoms with E-state index in [1.165, 1.54) is 32.1 Å². The van der Waals surface area contributed by atoms with Crippen molar-refractivity contribution < 1.29 is 0 Å². The largest absolute Gasteiger partial charge is 0.271 e. The van der Waals surface area contributed by atoms with Crippen LogP contribution in [0.3, 0.4) is 0 Å². The van der Waals surface area contributed by atoms with Crippen LogP contribution in [0, 0.1) is 0 Å². The van der Waals surface area contributed by atoms with Gasteiger partial charge in [0.2, 0.25) is 0 Å². The van der Waals surface area contributed by atoms with Crippen molar-refractivity contribution in [2.75, 3.05) is 6.54 Å². The van der Waals surface area contributed by atoms with Gasteiger partial charge in [0.25, 0.3) is 0 Å². The fourth-order valence-electron chi connectivity index (χ4n) is 0.821. The molecule has 0 aliphatic carbocycles. The Balaban J connectivity index is 0. The number of unbranched alkanes of at least 4 members (excludes halogenated alkanes) is 4. The van der Waals surface area contributed by atoms with Crippen LogP contribution in [-0.4, -0.2) is 6.54 Å². The summed E-state index contributed by atoms with van der Waals surface area (Å²) < 4.78 is 0. The molecule has 0 bridgehead atoms. The predicted octanol–water partition coefficient (Wildman–Crippen LogP) is 2.84. The van der Waals surface area contributed by atoms with Gasteiger partial charge in [-0.05, 0) is 6.42 Å². The van der Waals surface area contributed by atoms with E-state index in [1.807, 2.05) is 0 Å². The van der Waals surface area contributed by atoms with Crippen LogP contribution < -0.4 is 11.3 Å². The Morgan fingerprint density at radius 2 is 1.33 bits per heavy atom. The zero-order valence-electron chi connectivity index (χ0n) is 9.03. The van der Waals surface area contributed by atoms with E-state index in [0.717, 1.165) is 13.0 Å². The molecule has 0 amide bonds. The second-order valence-electron chi connectivity index (χ2n) is 3.01. The van der Waals surface area contributed by atoms with Crippen LogP contribution in [0.25, 0.3) is 0 Å². The molecule has 0 aromatic carbocycles. The molecule has 0 aliphatic heterocycles. The van der Waals surface area contributed by atoms with E-state index >= 15 is 0 Å². The van der Waals surface area contributed by atoms with Gasteiger partial charge in [-0.3, -0.25) is 11.3 Å². The summed E-state index contributed by atoms with van der Waals surface area (Å²) in [6.07, 6.45) is 8.12. The fourth-order valence-corrected chi connectivity index (χ4v) is 0.821. The van der Waals surface area contributed by atoms with Crippen molar-refractivity contribution in [2.24, 2.45) is 5.84 Å². The standard InChI is InChI=1S/C7H16.C3H10N2/c1-3-5-7-6-4-2;1-2-3-5-4/h3-7H2,1-2H3;5H,2-4H2,1H3. The molecule has 0 fully saturated rings. The van der Waals surface area contributed by atoms with E-state index in [-0.39, 0.29) is 0 Å². The van der Waals surface area contributed by atoms with Crippen molar-refractivity contribution in [2.45, 2.75) is 59.3 Å². The third-order valence-corrected chi connectivity index (χ3v) is 1.60. The Morgan fingerprint density at radius 1 is 0.833 bits per heavy atom. The first-order valence-corrected chi connectivity index (χ1v) is 5.26. The molecule has 0 rings (SSSR count). The third-order valence-electron chi connectivity index (χ3n) is 1.60. The lowest BCUT2D eigenvalue weighted by Gasteiger charge is -1.90. The lowest BCUT2D eigenvalue weighted by atomic mass is 10.2. The molecule has 0 aromatic rings. The van der Waals surface area contributed by atoms with Crippen molar-refractivity contribution in [3.63, 3.8) is 0 Å². The summed E-state index contributed by atoms with van der Waals surface area (Å²) in [5.74, 6) is 4.89. The van der Waals surface area contributed by atoms with Gasteiger partial charge in [-0.1, -0.05) is 52.9 Å². The molecule has 0 saturated carbocycles. The SMILES string of the molecule is CCCCCCC.CCCNN. The quantitative estimate of drug-likeness (QED) is 0.369. The summed E-state index contributed by atoms with van der Waals surface area (Å²) >= 11 is 0. The predicted molar refractivity (Wildman–Crippen MR) is 56.9 cm³/mol. The second kappa shape index (κ2) is 17.1. The maximum absolute atomic E-state index is 4.89. The molecule has 0 atom stereocenters. The highest BCUT2D eigenvalue weighted by atomic mass is 15.2. The van der Waals surface area contributed by atoms with Crippen molar-refractivity contribution in [3.05, 3.63) is 0 Å². The first-order valence-electron chi connectivity index (χ1n) is 5.26. The van der Waals surface area contributed by atoms with Crippen molar-refractivity contribution in [1.82, 2.24) is 5.43 Å². The Labute approximate surface area is 77.9 Å². The minimum atomic E-state index is 0.917. The Bertz CT molecular complexity index is 49.8. The smallest absolute Gasteiger partial charge is 0.00947 e. The minimum absolute atomic E-state index is 0.917. The van der Waals surface area contributed by atoms with Gasteiger partial charge < -0.3 is 0 Å². The van der Waals surface area contributed by atoms with E-state index in [2.05, 4.69) is 26.2 Å². The monoisotopic (exact) mass is 174 g/mol. The molecule has 0 radical (unpaired) electrons. The van der Waals surface area contributed by atoms with Gasteiger partial charge in [-0.2, -0.15) is 0 Å². The first kappa shape index (κ1) is 14.4. The second-order valence-corrected chi connectivity index (χ2v) is 3.01. The highest BCUT2D eigenvalue weighted by Gasteiger charge is 1.80. The fraction of sp³-hybridized carbons (Fsp3) is 1.00. The number of nitrogens with two attached hydrogens (primary N) is 1. The first-order chi connectivity index (χ1) is 5.83. The number of rotatable bonds is 6. The van der Waals surface area contributed by atoms with Crippen LogP contribution in [0.5, 0.6) is 0 Å². The number of hydrazine groups is 1. The molecule has 2 nitrogen and oxygen atoms in total. The molecule has 2 heteroatoms. The normalized spacial score (nSPS) is 9.00. The average molecular weight is 174 g/mol.